The number of piperidine rings is 1. The molecule has 0 spiro atoms. The second kappa shape index (κ2) is 5.15. The first-order valence-corrected chi connectivity index (χ1v) is 6.52. The Morgan fingerprint density at radius 3 is 3.00 bits per heavy atom. The Labute approximate surface area is 97.6 Å². The van der Waals surface area contributed by atoms with E-state index in [1.807, 2.05) is 6.92 Å². The zero-order valence-electron chi connectivity index (χ0n) is 10.1. The van der Waals surface area contributed by atoms with Crippen LogP contribution >= 0.6 is 0 Å². The molecule has 2 fully saturated rings. The van der Waals surface area contributed by atoms with Gasteiger partial charge in [-0.05, 0) is 32.2 Å². The topological polar surface area (TPSA) is 58.4 Å². The lowest BCUT2D eigenvalue weighted by Gasteiger charge is -2.32. The van der Waals surface area contributed by atoms with E-state index in [0.29, 0.717) is 18.5 Å². The Hall–Kier alpha value is -0.610. The van der Waals surface area contributed by atoms with E-state index in [-0.39, 0.29) is 11.9 Å². The quantitative estimate of drug-likeness (QED) is 0.734. The molecule has 4 nitrogen and oxygen atoms in total. The third-order valence-electron chi connectivity index (χ3n) is 3.96. The predicted octanol–water partition coefficient (Wildman–Crippen LogP) is 0.467. The summed E-state index contributed by atoms with van der Waals surface area (Å²) in [7, 11) is 0. The number of nitrogens with zero attached hydrogens (tertiary/aromatic N) is 1. The van der Waals surface area contributed by atoms with Crippen molar-refractivity contribution in [2.24, 2.45) is 5.73 Å². The van der Waals surface area contributed by atoms with Gasteiger partial charge in [-0.15, -0.1) is 0 Å². The minimum atomic E-state index is -0.336. The molecule has 2 heterocycles. The van der Waals surface area contributed by atoms with Crippen LogP contribution in [0.4, 0.5) is 0 Å². The summed E-state index contributed by atoms with van der Waals surface area (Å²) >= 11 is 0. The van der Waals surface area contributed by atoms with Crippen LogP contribution in [0, 0.1) is 0 Å². The second-order valence-electron chi connectivity index (χ2n) is 5.02. The van der Waals surface area contributed by atoms with Crippen molar-refractivity contribution in [3.05, 3.63) is 0 Å². The van der Waals surface area contributed by atoms with Crippen LogP contribution in [0.15, 0.2) is 0 Å². The first-order valence-electron chi connectivity index (χ1n) is 6.52. The Morgan fingerprint density at radius 1 is 1.44 bits per heavy atom. The van der Waals surface area contributed by atoms with Crippen LogP contribution < -0.4 is 11.1 Å². The Morgan fingerprint density at radius 2 is 2.25 bits per heavy atom. The number of nitrogens with two attached hydrogens (primary N) is 1. The van der Waals surface area contributed by atoms with E-state index in [1.54, 1.807) is 0 Å². The number of amides is 1. The van der Waals surface area contributed by atoms with Crippen molar-refractivity contribution >= 4 is 5.91 Å². The Kier molecular flexibility index (Phi) is 3.82. The van der Waals surface area contributed by atoms with E-state index in [2.05, 4.69) is 10.2 Å². The lowest BCUT2D eigenvalue weighted by molar-refractivity contribution is -0.123. The van der Waals surface area contributed by atoms with E-state index >= 15 is 0 Å². The van der Waals surface area contributed by atoms with Gasteiger partial charge in [-0.25, -0.2) is 0 Å². The molecule has 16 heavy (non-hydrogen) atoms. The van der Waals surface area contributed by atoms with Gasteiger partial charge >= 0.3 is 0 Å². The molecule has 2 unspecified atom stereocenters. The van der Waals surface area contributed by atoms with Gasteiger partial charge in [-0.2, -0.15) is 0 Å². The maximum absolute atomic E-state index is 11.7. The molecule has 3 atom stereocenters. The molecule has 3 N–H and O–H groups in total. The number of nitrogens with one attached hydrogen (secondary N) is 1. The molecule has 4 heteroatoms. The summed E-state index contributed by atoms with van der Waals surface area (Å²) in [6.45, 7) is 4.29. The van der Waals surface area contributed by atoms with Crippen molar-refractivity contribution in [3.63, 3.8) is 0 Å². The van der Waals surface area contributed by atoms with E-state index in [0.717, 1.165) is 13.0 Å². The molecule has 0 aromatic rings. The molecule has 2 aliphatic heterocycles. The van der Waals surface area contributed by atoms with Gasteiger partial charge in [-0.1, -0.05) is 13.3 Å². The van der Waals surface area contributed by atoms with Crippen LogP contribution in [0.5, 0.6) is 0 Å². The largest absolute Gasteiger partial charge is 0.350 e. The average Bonchev–Trinajstić information content (AvgIpc) is 2.72. The van der Waals surface area contributed by atoms with Gasteiger partial charge in [0.1, 0.15) is 0 Å². The van der Waals surface area contributed by atoms with Gasteiger partial charge < -0.3 is 11.1 Å². The van der Waals surface area contributed by atoms with Gasteiger partial charge in [0.2, 0.25) is 5.91 Å². The summed E-state index contributed by atoms with van der Waals surface area (Å²) < 4.78 is 0. The van der Waals surface area contributed by atoms with Crippen LogP contribution in [0.25, 0.3) is 0 Å². The minimum absolute atomic E-state index is 0.0277. The fraction of sp³-hybridized carbons (Fsp3) is 0.917. The first kappa shape index (κ1) is 11.9. The maximum Gasteiger partial charge on any atom is 0.237 e. The predicted molar refractivity (Wildman–Crippen MR) is 64.0 cm³/mol. The van der Waals surface area contributed by atoms with Gasteiger partial charge in [0.15, 0.2) is 0 Å². The van der Waals surface area contributed by atoms with Crippen LogP contribution in [0.2, 0.25) is 0 Å². The van der Waals surface area contributed by atoms with Gasteiger partial charge in [0.25, 0.3) is 0 Å². The molecule has 1 amide bonds. The Balaban J connectivity index is 1.88. The summed E-state index contributed by atoms with van der Waals surface area (Å²) in [5, 5.41) is 3.12. The fourth-order valence-corrected chi connectivity index (χ4v) is 2.89. The van der Waals surface area contributed by atoms with Crippen molar-refractivity contribution in [1.29, 1.82) is 0 Å². The number of hydrogen-bond acceptors (Lipinski definition) is 3. The van der Waals surface area contributed by atoms with Gasteiger partial charge in [0, 0.05) is 18.6 Å². The highest BCUT2D eigenvalue weighted by Gasteiger charge is 2.36. The lowest BCUT2D eigenvalue weighted by atomic mass is 9.99. The zero-order valence-corrected chi connectivity index (χ0v) is 10.1. The molecular formula is C12H23N3O. The molecule has 0 aromatic carbocycles. The average molecular weight is 225 g/mol. The summed E-state index contributed by atoms with van der Waals surface area (Å²) in [4.78, 5) is 14.3. The van der Waals surface area contributed by atoms with E-state index in [9.17, 15) is 4.79 Å². The molecule has 92 valence electrons. The highest BCUT2D eigenvalue weighted by molar-refractivity contribution is 5.81. The molecular weight excluding hydrogens is 202 g/mol. The number of rotatable bonds is 3. The molecule has 0 radical (unpaired) electrons. The van der Waals surface area contributed by atoms with Gasteiger partial charge in [0.05, 0.1) is 6.04 Å². The molecule has 0 aromatic heterocycles. The molecule has 2 aliphatic rings. The van der Waals surface area contributed by atoms with Crippen LogP contribution in [-0.4, -0.2) is 42.0 Å². The van der Waals surface area contributed by atoms with Crippen LogP contribution in [0.3, 0.4) is 0 Å². The number of fused-ring (bicyclic) bond motifs is 1. The minimum Gasteiger partial charge on any atom is -0.350 e. The smallest absolute Gasteiger partial charge is 0.237 e. The third kappa shape index (κ3) is 2.38. The van der Waals surface area contributed by atoms with Crippen molar-refractivity contribution in [2.45, 2.75) is 57.2 Å². The standard InChI is InChI=1S/C12H23N3O/c1-2-9(13)12(16)14-10-6-8-15-7-4-3-5-11(10)15/h9-11H,2-8,13H2,1H3,(H,14,16)/t9-,10?,11?/m1/s1. The highest BCUT2D eigenvalue weighted by atomic mass is 16.2. The summed E-state index contributed by atoms with van der Waals surface area (Å²) in [5.74, 6) is 0.0277. The fourth-order valence-electron chi connectivity index (χ4n) is 2.89. The Bertz CT molecular complexity index is 257. The molecule has 2 saturated heterocycles. The SMILES string of the molecule is CC[C@@H](N)C(=O)NC1CCN2CCCCC12. The summed E-state index contributed by atoms with van der Waals surface area (Å²) in [6, 6.07) is 0.574. The number of hydrogen-bond donors (Lipinski definition) is 2. The highest BCUT2D eigenvalue weighted by Crippen LogP contribution is 2.27. The van der Waals surface area contributed by atoms with Crippen molar-refractivity contribution < 1.29 is 4.79 Å². The van der Waals surface area contributed by atoms with Crippen molar-refractivity contribution in [3.8, 4) is 0 Å². The maximum atomic E-state index is 11.7. The molecule has 0 bridgehead atoms. The number of carbonyl (C=O) groups is 1. The molecule has 0 aliphatic carbocycles. The number of carbonyl (C=O) groups excluding carboxylic acids is 1. The molecule has 0 saturated carbocycles. The summed E-state index contributed by atoms with van der Waals surface area (Å²) in [6.07, 6.45) is 5.64. The third-order valence-corrected chi connectivity index (χ3v) is 3.96. The second-order valence-corrected chi connectivity index (χ2v) is 5.02. The van der Waals surface area contributed by atoms with E-state index in [4.69, 9.17) is 5.73 Å². The van der Waals surface area contributed by atoms with E-state index in [1.165, 1.54) is 25.8 Å². The van der Waals surface area contributed by atoms with Crippen LogP contribution in [0.1, 0.15) is 39.0 Å². The first-order chi connectivity index (χ1) is 7.72. The molecule has 2 rings (SSSR count). The zero-order chi connectivity index (χ0) is 11.5. The van der Waals surface area contributed by atoms with Crippen LogP contribution in [-0.2, 0) is 4.79 Å². The van der Waals surface area contributed by atoms with Crippen molar-refractivity contribution in [1.82, 2.24) is 10.2 Å². The lowest BCUT2D eigenvalue weighted by Crippen LogP contribution is -2.51. The van der Waals surface area contributed by atoms with Gasteiger partial charge in [-0.3, -0.25) is 9.69 Å². The monoisotopic (exact) mass is 225 g/mol. The summed E-state index contributed by atoms with van der Waals surface area (Å²) in [5.41, 5.74) is 5.74. The van der Waals surface area contributed by atoms with E-state index < -0.39 is 0 Å². The van der Waals surface area contributed by atoms with Crippen molar-refractivity contribution in [2.75, 3.05) is 13.1 Å². The normalized spacial score (nSPS) is 32.1.